The van der Waals surface area contributed by atoms with E-state index in [4.69, 9.17) is 22.5 Å². The number of anilines is 1. The number of oxime groups is 1. The number of carbonyl (C=O) groups is 1. The molecule has 102 valence electrons. The Balaban J connectivity index is 2.21. The predicted octanol–water partition coefficient (Wildman–Crippen LogP) is 1.48. The van der Waals surface area contributed by atoms with E-state index >= 15 is 0 Å². The molecular weight excluding hydrogens is 282 g/mol. The molecule has 1 heterocycles. The average molecular weight is 292 g/mol. The van der Waals surface area contributed by atoms with E-state index in [1.165, 1.54) is 24.5 Å². The first-order valence-electron chi connectivity index (χ1n) is 5.47. The summed E-state index contributed by atoms with van der Waals surface area (Å²) in [5.74, 6) is -0.429. The Hall–Kier alpha value is -2.67. The van der Waals surface area contributed by atoms with E-state index in [1.807, 2.05) is 0 Å². The molecule has 0 unspecified atom stereocenters. The molecule has 1 amide bonds. The van der Waals surface area contributed by atoms with Gasteiger partial charge in [0.1, 0.15) is 0 Å². The maximum absolute atomic E-state index is 11.9. The lowest BCUT2D eigenvalue weighted by Gasteiger charge is -2.08. The fourth-order valence-electron chi connectivity index (χ4n) is 1.45. The number of amidine groups is 1. The number of halogens is 1. The van der Waals surface area contributed by atoms with E-state index in [2.05, 4.69) is 20.7 Å². The van der Waals surface area contributed by atoms with Crippen LogP contribution in [-0.4, -0.2) is 27.1 Å². The number of benzene rings is 1. The second-order valence-corrected chi connectivity index (χ2v) is 4.17. The summed E-state index contributed by atoms with van der Waals surface area (Å²) in [5, 5.41) is 21.5. The van der Waals surface area contributed by atoms with Gasteiger partial charge in [-0.25, -0.2) is 0 Å². The smallest absolute Gasteiger partial charge is 0.257 e. The largest absolute Gasteiger partial charge is 0.409 e. The first-order chi connectivity index (χ1) is 9.61. The zero-order chi connectivity index (χ0) is 14.5. The normalized spacial score (nSPS) is 11.2. The molecule has 0 aliphatic rings. The van der Waals surface area contributed by atoms with Crippen LogP contribution in [0, 0.1) is 0 Å². The zero-order valence-electron chi connectivity index (χ0n) is 10.1. The Morgan fingerprint density at radius 3 is 2.70 bits per heavy atom. The third-order valence-electron chi connectivity index (χ3n) is 2.47. The van der Waals surface area contributed by atoms with Crippen LogP contribution in [0.4, 0.5) is 5.69 Å². The zero-order valence-corrected chi connectivity index (χ0v) is 10.9. The Morgan fingerprint density at radius 2 is 2.10 bits per heavy atom. The topological polar surface area (TPSA) is 113 Å². The van der Waals surface area contributed by atoms with Crippen molar-refractivity contribution in [2.45, 2.75) is 0 Å². The van der Waals surface area contributed by atoms with Gasteiger partial charge in [0.15, 0.2) is 5.84 Å². The number of amides is 1. The van der Waals surface area contributed by atoms with Gasteiger partial charge in [-0.15, -0.1) is 0 Å². The second-order valence-electron chi connectivity index (χ2n) is 3.77. The van der Waals surface area contributed by atoms with Crippen molar-refractivity contribution in [3.05, 3.63) is 52.8 Å². The van der Waals surface area contributed by atoms with Crippen LogP contribution in [0.1, 0.15) is 15.9 Å². The van der Waals surface area contributed by atoms with E-state index in [9.17, 15) is 4.79 Å². The van der Waals surface area contributed by atoms with Crippen LogP contribution in [0.25, 0.3) is 0 Å². The molecule has 1 aromatic heterocycles. The first kappa shape index (κ1) is 13.8. The van der Waals surface area contributed by atoms with Gasteiger partial charge in [-0.3, -0.25) is 4.79 Å². The molecule has 0 atom stereocenters. The van der Waals surface area contributed by atoms with Gasteiger partial charge in [-0.1, -0.05) is 16.8 Å². The predicted molar refractivity (Wildman–Crippen MR) is 73.9 cm³/mol. The highest BCUT2D eigenvalue weighted by Crippen LogP contribution is 2.23. The van der Waals surface area contributed by atoms with E-state index in [0.717, 1.165) is 0 Å². The molecule has 8 heteroatoms. The van der Waals surface area contributed by atoms with Crippen molar-refractivity contribution in [2.75, 3.05) is 5.32 Å². The fraction of sp³-hybridized carbons (Fsp3) is 0. The van der Waals surface area contributed by atoms with Gasteiger partial charge < -0.3 is 16.3 Å². The molecular formula is C12H10ClN5O2. The van der Waals surface area contributed by atoms with Crippen molar-refractivity contribution in [1.29, 1.82) is 0 Å². The molecule has 0 aliphatic carbocycles. The number of rotatable bonds is 3. The van der Waals surface area contributed by atoms with E-state index < -0.39 is 0 Å². The van der Waals surface area contributed by atoms with Gasteiger partial charge in [-0.2, -0.15) is 10.2 Å². The minimum atomic E-state index is -0.363. The number of nitrogens with two attached hydrogens (primary N) is 1. The van der Waals surface area contributed by atoms with Crippen LogP contribution in [-0.2, 0) is 0 Å². The van der Waals surface area contributed by atoms with Crippen LogP contribution in [0.3, 0.4) is 0 Å². The highest BCUT2D eigenvalue weighted by atomic mass is 35.5. The summed E-state index contributed by atoms with van der Waals surface area (Å²) < 4.78 is 0. The Bertz CT molecular complexity index is 660. The third kappa shape index (κ3) is 3.01. The standard InChI is InChI=1S/C12H10ClN5O2/c13-9-5-7(11(14)18-20)1-2-10(9)17-12(19)8-3-4-15-16-6-8/h1-6,20H,(H2,14,18)(H,17,19). The monoisotopic (exact) mass is 291 g/mol. The van der Waals surface area contributed by atoms with Gasteiger partial charge in [0.05, 0.1) is 28.7 Å². The maximum Gasteiger partial charge on any atom is 0.257 e. The van der Waals surface area contributed by atoms with Crippen LogP contribution < -0.4 is 11.1 Å². The van der Waals surface area contributed by atoms with E-state index in [0.29, 0.717) is 16.8 Å². The van der Waals surface area contributed by atoms with Crippen molar-refractivity contribution < 1.29 is 10.0 Å². The molecule has 0 bridgehead atoms. The summed E-state index contributed by atoms with van der Waals surface area (Å²) in [6.07, 6.45) is 2.76. The van der Waals surface area contributed by atoms with Crippen molar-refractivity contribution >= 4 is 29.0 Å². The number of carbonyl (C=O) groups excluding carboxylic acids is 1. The van der Waals surface area contributed by atoms with Gasteiger partial charge in [0.2, 0.25) is 0 Å². The lowest BCUT2D eigenvalue weighted by Crippen LogP contribution is -2.15. The molecule has 20 heavy (non-hydrogen) atoms. The van der Waals surface area contributed by atoms with Crippen molar-refractivity contribution in [2.24, 2.45) is 10.9 Å². The molecule has 7 nitrogen and oxygen atoms in total. The summed E-state index contributed by atoms with van der Waals surface area (Å²) >= 11 is 6.03. The van der Waals surface area contributed by atoms with Crippen LogP contribution >= 0.6 is 11.6 Å². The van der Waals surface area contributed by atoms with Crippen LogP contribution in [0.5, 0.6) is 0 Å². The second kappa shape index (κ2) is 5.98. The van der Waals surface area contributed by atoms with Gasteiger partial charge in [0.25, 0.3) is 5.91 Å². The number of hydrogen-bond acceptors (Lipinski definition) is 5. The molecule has 4 N–H and O–H groups in total. The van der Waals surface area contributed by atoms with E-state index in [-0.39, 0.29) is 16.8 Å². The fourth-order valence-corrected chi connectivity index (χ4v) is 1.68. The average Bonchev–Trinajstić information content (AvgIpc) is 2.49. The van der Waals surface area contributed by atoms with Gasteiger partial charge in [-0.05, 0) is 24.3 Å². The van der Waals surface area contributed by atoms with Crippen LogP contribution in [0.15, 0.2) is 41.8 Å². The highest BCUT2D eigenvalue weighted by Gasteiger charge is 2.10. The minimum absolute atomic E-state index is 0.0666. The lowest BCUT2D eigenvalue weighted by atomic mass is 10.2. The van der Waals surface area contributed by atoms with Crippen molar-refractivity contribution in [3.63, 3.8) is 0 Å². The molecule has 0 spiro atoms. The van der Waals surface area contributed by atoms with E-state index in [1.54, 1.807) is 12.1 Å². The molecule has 0 saturated heterocycles. The molecule has 1 aromatic carbocycles. The first-order valence-corrected chi connectivity index (χ1v) is 5.85. The summed E-state index contributed by atoms with van der Waals surface area (Å²) in [7, 11) is 0. The summed E-state index contributed by atoms with van der Waals surface area (Å²) in [6.45, 7) is 0. The Labute approximate surface area is 119 Å². The molecule has 0 radical (unpaired) electrons. The molecule has 2 rings (SSSR count). The summed E-state index contributed by atoms with van der Waals surface area (Å²) in [4.78, 5) is 11.9. The number of nitrogens with one attached hydrogen (secondary N) is 1. The quantitative estimate of drug-likeness (QED) is 0.343. The Morgan fingerprint density at radius 1 is 1.30 bits per heavy atom. The maximum atomic E-state index is 11.9. The SMILES string of the molecule is N/C(=N/O)c1ccc(NC(=O)c2ccnnc2)c(Cl)c1. The molecule has 0 fully saturated rings. The Kier molecular flexibility index (Phi) is 4.11. The van der Waals surface area contributed by atoms with Crippen LogP contribution in [0.2, 0.25) is 5.02 Å². The molecule has 2 aromatic rings. The number of nitrogens with zero attached hydrogens (tertiary/aromatic N) is 3. The van der Waals surface area contributed by atoms with Gasteiger partial charge >= 0.3 is 0 Å². The van der Waals surface area contributed by atoms with Gasteiger partial charge in [0, 0.05) is 5.56 Å². The molecule has 0 saturated carbocycles. The summed E-state index contributed by atoms with van der Waals surface area (Å²) in [5.41, 5.74) is 6.65. The lowest BCUT2D eigenvalue weighted by molar-refractivity contribution is 0.102. The number of aromatic nitrogens is 2. The molecule has 0 aliphatic heterocycles. The number of hydrogen-bond donors (Lipinski definition) is 3. The third-order valence-corrected chi connectivity index (χ3v) is 2.78. The summed E-state index contributed by atoms with van der Waals surface area (Å²) in [6, 6.07) is 6.14. The van der Waals surface area contributed by atoms with Crippen molar-refractivity contribution in [3.8, 4) is 0 Å². The highest BCUT2D eigenvalue weighted by molar-refractivity contribution is 6.34. The van der Waals surface area contributed by atoms with Crippen molar-refractivity contribution in [1.82, 2.24) is 10.2 Å². The minimum Gasteiger partial charge on any atom is -0.409 e.